The molecule has 0 spiro atoms. The number of phosphoric ester groups is 1. The average Bonchev–Trinajstić information content (AvgIpc) is 3.01. The summed E-state index contributed by atoms with van der Waals surface area (Å²) in [5.41, 5.74) is 6.42. The molecule has 4 unspecified atom stereocenters. The van der Waals surface area contributed by atoms with Gasteiger partial charge in [-0.15, -0.1) is 0 Å². The molecule has 0 saturated carbocycles. The fourth-order valence-electron chi connectivity index (χ4n) is 2.50. The number of nitrogens with zero attached hydrogens (tertiary/aromatic N) is 3. The molecule has 0 aliphatic carbocycles. The number of aliphatic hydroxyl groups excluding tert-OH is 2. The van der Waals surface area contributed by atoms with Crippen LogP contribution in [0.15, 0.2) is 12.7 Å². The summed E-state index contributed by atoms with van der Waals surface area (Å²) in [6.07, 6.45) is -2.46. The Labute approximate surface area is 128 Å². The van der Waals surface area contributed by atoms with Crippen molar-refractivity contribution >= 4 is 24.8 Å². The first-order chi connectivity index (χ1) is 10.8. The van der Waals surface area contributed by atoms with Gasteiger partial charge in [0.15, 0.2) is 18.5 Å². The Morgan fingerprint density at radius 3 is 2.87 bits per heavy atom. The standard InChI is InChI=1S/C10H14N5O7P/c11-8-5-9(13-2-12-8)15(3-14-5)10-6(17)7(4(1-16)21-10)22-23(18,19)20/h2-4,6-7,10,16-17H,1H2,(H4,11,12,13,18,19,20)/p+1. The van der Waals surface area contributed by atoms with Crippen LogP contribution in [0.5, 0.6) is 0 Å². The number of nitrogen functional groups attached to an aromatic ring is 1. The quantitative estimate of drug-likeness (QED) is 0.256. The topological polar surface area (TPSA) is 188 Å². The maximum atomic E-state index is 11.0. The number of imidazole rings is 1. The largest absolute Gasteiger partial charge is 0.470 e. The third-order valence-corrected chi connectivity index (χ3v) is 3.99. The van der Waals surface area contributed by atoms with Crippen molar-refractivity contribution in [3.63, 3.8) is 0 Å². The Morgan fingerprint density at radius 1 is 1.48 bits per heavy atom. The molecular formula is C10H15N5O7P+. The van der Waals surface area contributed by atoms with E-state index in [0.717, 1.165) is 0 Å². The summed E-state index contributed by atoms with van der Waals surface area (Å²) in [5, 5.41) is 19.6. The molecule has 1 fully saturated rings. The maximum Gasteiger partial charge on any atom is 0.470 e. The molecule has 3 rings (SSSR count). The number of fused-ring (bicyclic) bond motifs is 1. The van der Waals surface area contributed by atoms with E-state index in [0.29, 0.717) is 11.2 Å². The van der Waals surface area contributed by atoms with E-state index in [-0.39, 0.29) is 5.82 Å². The van der Waals surface area contributed by atoms with E-state index < -0.39 is 39.0 Å². The van der Waals surface area contributed by atoms with E-state index in [4.69, 9.17) is 20.3 Å². The normalized spacial score (nSPS) is 28.5. The van der Waals surface area contributed by atoms with Gasteiger partial charge in [-0.3, -0.25) is 9.51 Å². The number of nitrogens with two attached hydrogens (primary N) is 1. The van der Waals surface area contributed by atoms with E-state index in [1.165, 1.54) is 17.2 Å². The fourth-order valence-corrected chi connectivity index (χ4v) is 3.08. The Kier molecular flexibility index (Phi) is 4.06. The molecule has 126 valence electrons. The lowest BCUT2D eigenvalue weighted by atomic mass is 10.1. The number of aromatic amines is 1. The van der Waals surface area contributed by atoms with E-state index in [1.807, 2.05) is 0 Å². The summed E-state index contributed by atoms with van der Waals surface area (Å²) < 4.78 is 22.4. The summed E-state index contributed by atoms with van der Waals surface area (Å²) in [6, 6.07) is 0. The summed E-state index contributed by atoms with van der Waals surface area (Å²) in [6.45, 7) is -0.599. The molecule has 4 atom stereocenters. The van der Waals surface area contributed by atoms with Crippen LogP contribution in [0.4, 0.5) is 5.82 Å². The zero-order valence-electron chi connectivity index (χ0n) is 11.6. The van der Waals surface area contributed by atoms with Crippen molar-refractivity contribution in [3.05, 3.63) is 12.7 Å². The third kappa shape index (κ3) is 2.93. The number of ether oxygens (including phenoxy) is 1. The molecule has 1 saturated heterocycles. The smallest absolute Gasteiger partial charge is 0.394 e. The zero-order chi connectivity index (χ0) is 16.8. The van der Waals surface area contributed by atoms with Crippen LogP contribution >= 0.6 is 7.82 Å². The van der Waals surface area contributed by atoms with Gasteiger partial charge in [0.1, 0.15) is 18.3 Å². The molecule has 0 bridgehead atoms. The summed E-state index contributed by atoms with van der Waals surface area (Å²) in [7, 11) is -4.88. The molecule has 7 N–H and O–H groups in total. The van der Waals surface area contributed by atoms with Crippen molar-refractivity contribution in [1.29, 1.82) is 0 Å². The highest BCUT2D eigenvalue weighted by Crippen LogP contribution is 2.42. The van der Waals surface area contributed by atoms with Gasteiger partial charge in [-0.2, -0.15) is 4.98 Å². The monoisotopic (exact) mass is 348 g/mol. The van der Waals surface area contributed by atoms with Gasteiger partial charge in [0.25, 0.3) is 0 Å². The predicted octanol–water partition coefficient (Wildman–Crippen LogP) is -2.44. The van der Waals surface area contributed by atoms with Crippen LogP contribution in [-0.4, -0.2) is 59.9 Å². The fraction of sp³-hybridized carbons (Fsp3) is 0.500. The molecule has 0 amide bonds. The number of nitrogens with one attached hydrogen (secondary N) is 1. The van der Waals surface area contributed by atoms with Crippen molar-refractivity contribution in [1.82, 2.24) is 15.0 Å². The van der Waals surface area contributed by atoms with Gasteiger partial charge in [0.05, 0.1) is 6.61 Å². The van der Waals surface area contributed by atoms with Crippen LogP contribution in [-0.2, 0) is 13.8 Å². The summed E-state index contributed by atoms with van der Waals surface area (Å²) in [4.78, 5) is 28.5. The average molecular weight is 348 g/mol. The minimum Gasteiger partial charge on any atom is -0.394 e. The highest BCUT2D eigenvalue weighted by molar-refractivity contribution is 7.46. The molecule has 2 aromatic heterocycles. The van der Waals surface area contributed by atoms with Crippen molar-refractivity contribution in [2.75, 3.05) is 12.3 Å². The number of rotatable bonds is 4. The van der Waals surface area contributed by atoms with Gasteiger partial charge in [-0.1, -0.05) is 4.98 Å². The summed E-state index contributed by atoms with van der Waals surface area (Å²) >= 11 is 0. The number of anilines is 1. The Hall–Kier alpha value is -1.66. The van der Waals surface area contributed by atoms with E-state index in [2.05, 4.69) is 19.5 Å². The zero-order valence-corrected chi connectivity index (χ0v) is 12.4. The molecule has 3 heterocycles. The second-order valence-electron chi connectivity index (χ2n) is 4.94. The second kappa shape index (κ2) is 5.76. The lowest BCUT2D eigenvalue weighted by Gasteiger charge is -2.18. The molecule has 23 heavy (non-hydrogen) atoms. The SMILES string of the molecule is Nc1ncnc2c1[nH]c[n+]2C1OC(CO)C(OP(=O)(O)O)C1O. The molecule has 2 aromatic rings. The van der Waals surface area contributed by atoms with Gasteiger partial charge >= 0.3 is 13.5 Å². The van der Waals surface area contributed by atoms with Gasteiger partial charge in [0.2, 0.25) is 11.7 Å². The van der Waals surface area contributed by atoms with Gasteiger partial charge in [-0.05, 0) is 0 Å². The first-order valence-electron chi connectivity index (χ1n) is 6.49. The molecular weight excluding hydrogens is 333 g/mol. The highest BCUT2D eigenvalue weighted by Gasteiger charge is 2.50. The number of H-pyrrole nitrogens is 1. The first-order valence-corrected chi connectivity index (χ1v) is 8.02. The van der Waals surface area contributed by atoms with Crippen LogP contribution in [0.1, 0.15) is 6.23 Å². The molecule has 1 aliphatic rings. The molecule has 13 heteroatoms. The van der Waals surface area contributed by atoms with E-state index in [9.17, 15) is 14.8 Å². The maximum absolute atomic E-state index is 11.0. The predicted molar refractivity (Wildman–Crippen MR) is 72.4 cm³/mol. The number of hydrogen-bond acceptors (Lipinski definition) is 8. The van der Waals surface area contributed by atoms with Crippen LogP contribution < -0.4 is 10.3 Å². The number of phosphoric acid groups is 1. The summed E-state index contributed by atoms with van der Waals surface area (Å²) in [5.74, 6) is 0.183. The Morgan fingerprint density at radius 2 is 2.22 bits per heavy atom. The van der Waals surface area contributed by atoms with Crippen LogP contribution in [0, 0.1) is 0 Å². The molecule has 0 radical (unpaired) electrons. The van der Waals surface area contributed by atoms with Crippen molar-refractivity contribution in [3.8, 4) is 0 Å². The molecule has 12 nitrogen and oxygen atoms in total. The first kappa shape index (κ1) is 16.2. The number of hydrogen-bond donors (Lipinski definition) is 6. The second-order valence-corrected chi connectivity index (χ2v) is 6.13. The number of aromatic nitrogens is 4. The number of aliphatic hydroxyl groups is 2. The van der Waals surface area contributed by atoms with E-state index >= 15 is 0 Å². The lowest BCUT2D eigenvalue weighted by molar-refractivity contribution is -0.745. The Balaban J connectivity index is 1.96. The van der Waals surface area contributed by atoms with Gasteiger partial charge in [-0.25, -0.2) is 9.13 Å². The lowest BCUT2D eigenvalue weighted by Crippen LogP contribution is -2.46. The van der Waals surface area contributed by atoms with Crippen LogP contribution in [0.2, 0.25) is 0 Å². The van der Waals surface area contributed by atoms with Crippen molar-refractivity contribution in [2.24, 2.45) is 0 Å². The highest BCUT2D eigenvalue weighted by atomic mass is 31.2. The van der Waals surface area contributed by atoms with Gasteiger partial charge in [0, 0.05) is 0 Å². The Bertz CT molecular complexity index is 763. The van der Waals surface area contributed by atoms with Crippen molar-refractivity contribution in [2.45, 2.75) is 24.5 Å². The molecule has 0 aromatic carbocycles. The minimum atomic E-state index is -4.88. The van der Waals surface area contributed by atoms with Gasteiger partial charge < -0.3 is 30.5 Å². The molecule has 1 aliphatic heterocycles. The third-order valence-electron chi connectivity index (χ3n) is 3.47. The minimum absolute atomic E-state index is 0.183. The van der Waals surface area contributed by atoms with Crippen LogP contribution in [0.3, 0.4) is 0 Å². The van der Waals surface area contributed by atoms with Crippen molar-refractivity contribution < 1.29 is 38.4 Å². The van der Waals surface area contributed by atoms with Crippen LogP contribution in [0.25, 0.3) is 11.2 Å². The van der Waals surface area contributed by atoms with E-state index in [1.54, 1.807) is 0 Å².